The van der Waals surface area contributed by atoms with Gasteiger partial charge < -0.3 is 4.90 Å². The van der Waals surface area contributed by atoms with Crippen LogP contribution in [0.5, 0.6) is 0 Å². The van der Waals surface area contributed by atoms with Crippen LogP contribution in [0.1, 0.15) is 0 Å². The molecule has 0 radical (unpaired) electrons. The molecular formula is C58H39N. The van der Waals surface area contributed by atoms with Crippen LogP contribution in [0.15, 0.2) is 237 Å². The predicted octanol–water partition coefficient (Wildman–Crippen LogP) is 16.3. The number of benzene rings is 10. The molecule has 0 amide bonds. The number of hydrogen-bond acceptors (Lipinski definition) is 1. The lowest BCUT2D eigenvalue weighted by atomic mass is 9.81. The fourth-order valence-corrected chi connectivity index (χ4v) is 9.07. The van der Waals surface area contributed by atoms with Gasteiger partial charge in [-0.15, -0.1) is 0 Å². The zero-order chi connectivity index (χ0) is 39.1. The molecule has 0 atom stereocenters. The van der Waals surface area contributed by atoms with Crippen LogP contribution in [0.25, 0.3) is 88.7 Å². The summed E-state index contributed by atoms with van der Waals surface area (Å²) in [7, 11) is 0. The second-order valence-corrected chi connectivity index (χ2v) is 15.2. The average Bonchev–Trinajstić information content (AvgIpc) is 3.32. The van der Waals surface area contributed by atoms with E-state index in [4.69, 9.17) is 0 Å². The van der Waals surface area contributed by atoms with Gasteiger partial charge in [-0.05, 0) is 119 Å². The summed E-state index contributed by atoms with van der Waals surface area (Å²) in [5.41, 5.74) is 20.3. The molecule has 0 fully saturated rings. The second-order valence-electron chi connectivity index (χ2n) is 15.2. The highest BCUT2D eigenvalue weighted by atomic mass is 15.1. The molecule has 1 nitrogen and oxygen atoms in total. The smallest absolute Gasteiger partial charge is 0.0540 e. The van der Waals surface area contributed by atoms with Gasteiger partial charge in [-0.1, -0.05) is 200 Å². The van der Waals surface area contributed by atoms with Gasteiger partial charge in [0.1, 0.15) is 0 Å². The number of nitrogens with zero attached hydrogens (tertiary/aromatic N) is 1. The van der Waals surface area contributed by atoms with E-state index in [1.165, 1.54) is 83.1 Å². The van der Waals surface area contributed by atoms with Gasteiger partial charge >= 0.3 is 0 Å². The van der Waals surface area contributed by atoms with Crippen molar-refractivity contribution in [2.24, 2.45) is 0 Å². The summed E-state index contributed by atoms with van der Waals surface area (Å²) < 4.78 is 0. The van der Waals surface area contributed by atoms with E-state index in [0.29, 0.717) is 0 Å². The van der Waals surface area contributed by atoms with Crippen molar-refractivity contribution in [3.8, 4) is 77.9 Å². The quantitative estimate of drug-likeness (QED) is 0.164. The summed E-state index contributed by atoms with van der Waals surface area (Å²) >= 11 is 0. The SMILES string of the molecule is c1ccc(-c2ccc(N(c3ccc(-c4cccc5ccccc45)cc3)c3ccc4c(c3)-c3ccccc3-c3ccccc3-c3ccccc3-4)c(-c3ccccc3)c2)cc1. The molecular weight excluding hydrogens is 711 g/mol. The minimum absolute atomic E-state index is 1.09. The molecule has 0 aromatic heterocycles. The molecule has 10 aromatic rings. The van der Waals surface area contributed by atoms with E-state index in [1.807, 2.05) is 0 Å². The molecule has 1 heteroatoms. The summed E-state index contributed by atoms with van der Waals surface area (Å²) in [6.45, 7) is 0. The maximum absolute atomic E-state index is 2.45. The Bertz CT molecular complexity index is 3130. The second kappa shape index (κ2) is 14.6. The first kappa shape index (κ1) is 34.5. The molecule has 1 aliphatic carbocycles. The average molecular weight is 750 g/mol. The largest absolute Gasteiger partial charge is 0.310 e. The van der Waals surface area contributed by atoms with Crippen molar-refractivity contribution < 1.29 is 0 Å². The molecule has 276 valence electrons. The molecule has 1 aliphatic rings. The third kappa shape index (κ3) is 6.12. The number of fused-ring (bicyclic) bond motifs is 9. The number of anilines is 3. The lowest BCUT2D eigenvalue weighted by Gasteiger charge is -2.30. The van der Waals surface area contributed by atoms with E-state index >= 15 is 0 Å². The van der Waals surface area contributed by atoms with Crippen LogP contribution >= 0.6 is 0 Å². The highest BCUT2D eigenvalue weighted by molar-refractivity contribution is 6.04. The molecule has 0 spiro atoms. The summed E-state index contributed by atoms with van der Waals surface area (Å²) in [6, 6.07) is 86.4. The lowest BCUT2D eigenvalue weighted by Crippen LogP contribution is -2.12. The van der Waals surface area contributed by atoms with E-state index in [2.05, 4.69) is 241 Å². The van der Waals surface area contributed by atoms with E-state index < -0.39 is 0 Å². The zero-order valence-corrected chi connectivity index (χ0v) is 32.5. The van der Waals surface area contributed by atoms with Gasteiger partial charge in [0.25, 0.3) is 0 Å². The number of hydrogen-bond donors (Lipinski definition) is 0. The standard InChI is InChI=1S/C58H39N/c1-3-16-40(17-4-1)44-32-37-58(56(38-44)42-18-5-2-6-19-42)59(45-33-30-43(31-34-45)48-29-15-21-41-20-7-8-22-47(41)48)46-35-36-55-53-27-12-11-25-51(53)49-23-9-10-24-50(49)52-26-13-14-28-54(52)57(55)39-46/h1-39H. The summed E-state index contributed by atoms with van der Waals surface area (Å²) in [5, 5.41) is 2.50. The summed E-state index contributed by atoms with van der Waals surface area (Å²) in [5.74, 6) is 0. The molecule has 0 bridgehead atoms. The third-order valence-corrected chi connectivity index (χ3v) is 11.9. The molecule has 0 unspecified atom stereocenters. The van der Waals surface area contributed by atoms with E-state index in [1.54, 1.807) is 0 Å². The Kier molecular flexibility index (Phi) is 8.56. The molecule has 0 saturated heterocycles. The number of rotatable bonds is 6. The summed E-state index contributed by atoms with van der Waals surface area (Å²) in [4.78, 5) is 2.45. The van der Waals surface area contributed by atoms with Crippen molar-refractivity contribution in [3.63, 3.8) is 0 Å². The van der Waals surface area contributed by atoms with Crippen molar-refractivity contribution in [3.05, 3.63) is 237 Å². The van der Waals surface area contributed by atoms with Crippen molar-refractivity contribution in [2.75, 3.05) is 4.90 Å². The van der Waals surface area contributed by atoms with Gasteiger partial charge in [-0.25, -0.2) is 0 Å². The van der Waals surface area contributed by atoms with Crippen LogP contribution in [0.2, 0.25) is 0 Å². The fraction of sp³-hybridized carbons (Fsp3) is 0. The van der Waals surface area contributed by atoms with Crippen molar-refractivity contribution in [1.29, 1.82) is 0 Å². The van der Waals surface area contributed by atoms with Crippen LogP contribution in [-0.4, -0.2) is 0 Å². The van der Waals surface area contributed by atoms with Gasteiger partial charge in [0.15, 0.2) is 0 Å². The Balaban J connectivity index is 1.16. The molecule has 0 heterocycles. The monoisotopic (exact) mass is 749 g/mol. The van der Waals surface area contributed by atoms with Gasteiger partial charge in [0.05, 0.1) is 5.69 Å². The van der Waals surface area contributed by atoms with Crippen molar-refractivity contribution in [1.82, 2.24) is 0 Å². The van der Waals surface area contributed by atoms with Crippen LogP contribution in [0.4, 0.5) is 17.1 Å². The Morgan fingerprint density at radius 3 is 1.29 bits per heavy atom. The molecule has 10 aromatic carbocycles. The van der Waals surface area contributed by atoms with Crippen LogP contribution in [0.3, 0.4) is 0 Å². The minimum Gasteiger partial charge on any atom is -0.310 e. The van der Waals surface area contributed by atoms with Crippen molar-refractivity contribution in [2.45, 2.75) is 0 Å². The Labute approximate surface area is 345 Å². The topological polar surface area (TPSA) is 3.24 Å². The molecule has 0 N–H and O–H groups in total. The highest BCUT2D eigenvalue weighted by Gasteiger charge is 2.25. The molecule has 59 heavy (non-hydrogen) atoms. The first-order chi connectivity index (χ1) is 29.3. The Hall–Kier alpha value is -7.74. The Morgan fingerprint density at radius 1 is 0.220 bits per heavy atom. The van der Waals surface area contributed by atoms with Crippen LogP contribution in [-0.2, 0) is 0 Å². The minimum atomic E-state index is 1.09. The van der Waals surface area contributed by atoms with E-state index in [-0.39, 0.29) is 0 Å². The normalized spacial score (nSPS) is 11.4. The van der Waals surface area contributed by atoms with Crippen LogP contribution < -0.4 is 4.90 Å². The van der Waals surface area contributed by atoms with Gasteiger partial charge in [0, 0.05) is 16.9 Å². The van der Waals surface area contributed by atoms with Gasteiger partial charge in [-0.3, -0.25) is 0 Å². The Morgan fingerprint density at radius 2 is 0.661 bits per heavy atom. The van der Waals surface area contributed by atoms with Gasteiger partial charge in [-0.2, -0.15) is 0 Å². The fourth-order valence-electron chi connectivity index (χ4n) is 9.07. The lowest BCUT2D eigenvalue weighted by molar-refractivity contribution is 1.28. The van der Waals surface area contributed by atoms with Gasteiger partial charge in [0.2, 0.25) is 0 Å². The maximum atomic E-state index is 2.45. The molecule has 0 aliphatic heterocycles. The predicted molar refractivity (Wildman–Crippen MR) is 250 cm³/mol. The third-order valence-electron chi connectivity index (χ3n) is 11.9. The zero-order valence-electron chi connectivity index (χ0n) is 32.5. The molecule has 11 rings (SSSR count). The van der Waals surface area contributed by atoms with E-state index in [9.17, 15) is 0 Å². The maximum Gasteiger partial charge on any atom is 0.0540 e. The van der Waals surface area contributed by atoms with Crippen LogP contribution in [0, 0.1) is 0 Å². The van der Waals surface area contributed by atoms with E-state index in [0.717, 1.165) is 22.6 Å². The van der Waals surface area contributed by atoms with Crippen molar-refractivity contribution >= 4 is 27.8 Å². The summed E-state index contributed by atoms with van der Waals surface area (Å²) in [6.07, 6.45) is 0. The molecule has 0 saturated carbocycles. The first-order valence-electron chi connectivity index (χ1n) is 20.3. The first-order valence-corrected chi connectivity index (χ1v) is 20.3. The highest BCUT2D eigenvalue weighted by Crippen LogP contribution is 2.50.